The number of benzene rings is 2. The molecule has 0 saturated carbocycles. The van der Waals surface area contributed by atoms with Crippen LogP contribution in [0.15, 0.2) is 42.5 Å². The van der Waals surface area contributed by atoms with Crippen LogP contribution in [0.25, 0.3) is 0 Å². The fourth-order valence-corrected chi connectivity index (χ4v) is 2.65. The van der Waals surface area contributed by atoms with E-state index in [0.717, 1.165) is 5.56 Å². The number of ether oxygens (including phenoxy) is 1. The molecule has 0 radical (unpaired) electrons. The summed E-state index contributed by atoms with van der Waals surface area (Å²) < 4.78 is 5.87. The van der Waals surface area contributed by atoms with E-state index in [-0.39, 0.29) is 12.1 Å². The largest absolute Gasteiger partial charge is 0.489 e. The third-order valence-corrected chi connectivity index (χ3v) is 3.87. The average molecular weight is 346 g/mol. The summed E-state index contributed by atoms with van der Waals surface area (Å²) in [5.41, 5.74) is 3.50. The first kappa shape index (κ1) is 16.4. The Balaban J connectivity index is 2.22. The molecule has 2 aromatic carbocycles. The summed E-state index contributed by atoms with van der Waals surface area (Å²) >= 11 is 18.2. The molecule has 3 nitrogen and oxygen atoms in total. The van der Waals surface area contributed by atoms with Crippen molar-refractivity contribution in [3.8, 4) is 5.75 Å². The van der Waals surface area contributed by atoms with Crippen molar-refractivity contribution in [2.75, 3.05) is 0 Å². The summed E-state index contributed by atoms with van der Waals surface area (Å²) in [6.07, 6.45) is -0.274. The molecule has 112 valence electrons. The summed E-state index contributed by atoms with van der Waals surface area (Å²) in [6, 6.07) is 12.1. The van der Waals surface area contributed by atoms with Crippen LogP contribution in [0.5, 0.6) is 5.75 Å². The molecule has 0 amide bonds. The molecular weight excluding hydrogens is 331 g/mol. The van der Waals surface area contributed by atoms with E-state index in [1.807, 2.05) is 19.1 Å². The van der Waals surface area contributed by atoms with Gasteiger partial charge in [0.15, 0.2) is 0 Å². The molecule has 0 fully saturated rings. The highest BCUT2D eigenvalue weighted by Gasteiger charge is 2.22. The fraction of sp³-hybridized carbons (Fsp3) is 0.200. The number of hydrazine groups is 1. The van der Waals surface area contributed by atoms with Gasteiger partial charge >= 0.3 is 0 Å². The lowest BCUT2D eigenvalue weighted by Crippen LogP contribution is -2.38. The summed E-state index contributed by atoms with van der Waals surface area (Å²) in [5.74, 6) is 6.31. The lowest BCUT2D eigenvalue weighted by atomic mass is 10.0. The van der Waals surface area contributed by atoms with Crippen LogP contribution in [0, 0.1) is 0 Å². The van der Waals surface area contributed by atoms with Crippen molar-refractivity contribution in [2.45, 2.75) is 19.1 Å². The van der Waals surface area contributed by atoms with Gasteiger partial charge in [-0.2, -0.15) is 0 Å². The van der Waals surface area contributed by atoms with Crippen LogP contribution in [0.4, 0.5) is 0 Å². The van der Waals surface area contributed by atoms with Gasteiger partial charge in [0, 0.05) is 15.1 Å². The van der Waals surface area contributed by atoms with Crippen LogP contribution in [0.1, 0.15) is 18.5 Å². The second-order valence-corrected chi connectivity index (χ2v) is 5.87. The number of nitrogens with one attached hydrogen (secondary N) is 1. The monoisotopic (exact) mass is 344 g/mol. The minimum Gasteiger partial charge on any atom is -0.489 e. The topological polar surface area (TPSA) is 47.3 Å². The van der Waals surface area contributed by atoms with E-state index >= 15 is 0 Å². The summed E-state index contributed by atoms with van der Waals surface area (Å²) in [7, 11) is 0. The van der Waals surface area contributed by atoms with Crippen LogP contribution < -0.4 is 16.0 Å². The van der Waals surface area contributed by atoms with Gasteiger partial charge in [0.2, 0.25) is 0 Å². The van der Waals surface area contributed by atoms with Gasteiger partial charge in [-0.3, -0.25) is 5.84 Å². The molecule has 0 aliphatic heterocycles. The predicted molar refractivity (Wildman–Crippen MR) is 88.1 cm³/mol. The van der Waals surface area contributed by atoms with Crippen LogP contribution in [0.2, 0.25) is 15.1 Å². The molecular formula is C15H15Cl3N2O. The maximum absolute atomic E-state index is 6.21. The Bertz CT molecular complexity index is 622. The number of hydrogen-bond acceptors (Lipinski definition) is 3. The molecule has 0 aliphatic carbocycles. The van der Waals surface area contributed by atoms with Crippen LogP contribution in [-0.4, -0.2) is 6.10 Å². The molecule has 2 unspecified atom stereocenters. The SMILES string of the molecule is CC(Oc1cccc(Cl)c1)C(NN)c1cc(Cl)ccc1Cl. The van der Waals surface area contributed by atoms with Crippen molar-refractivity contribution in [3.63, 3.8) is 0 Å². The second kappa shape index (κ2) is 7.34. The number of halogens is 3. The molecule has 0 heterocycles. The normalized spacial score (nSPS) is 13.8. The predicted octanol–water partition coefficient (Wildman–Crippen LogP) is 4.62. The smallest absolute Gasteiger partial charge is 0.121 e. The van der Waals surface area contributed by atoms with Crippen molar-refractivity contribution in [1.29, 1.82) is 0 Å². The molecule has 0 spiro atoms. The number of hydrogen-bond donors (Lipinski definition) is 2. The van der Waals surface area contributed by atoms with Crippen LogP contribution >= 0.6 is 34.8 Å². The molecule has 0 bridgehead atoms. The highest BCUT2D eigenvalue weighted by atomic mass is 35.5. The highest BCUT2D eigenvalue weighted by molar-refractivity contribution is 6.33. The molecule has 2 aromatic rings. The molecule has 6 heteroatoms. The minimum atomic E-state index is -0.310. The van der Waals surface area contributed by atoms with Gasteiger partial charge < -0.3 is 4.74 Å². The molecule has 21 heavy (non-hydrogen) atoms. The van der Waals surface area contributed by atoms with Gasteiger partial charge in [-0.05, 0) is 48.9 Å². The first-order chi connectivity index (χ1) is 10.0. The van der Waals surface area contributed by atoms with Gasteiger partial charge in [-0.15, -0.1) is 0 Å². The van der Waals surface area contributed by atoms with Crippen LogP contribution in [0.3, 0.4) is 0 Å². The molecule has 0 aliphatic rings. The van der Waals surface area contributed by atoms with Crippen LogP contribution in [-0.2, 0) is 0 Å². The van der Waals surface area contributed by atoms with Gasteiger partial charge in [0.1, 0.15) is 11.9 Å². The Morgan fingerprint density at radius 3 is 2.43 bits per heavy atom. The third-order valence-electron chi connectivity index (χ3n) is 3.06. The van der Waals surface area contributed by atoms with Crippen molar-refractivity contribution in [2.24, 2.45) is 5.84 Å². The van der Waals surface area contributed by atoms with Gasteiger partial charge in [0.05, 0.1) is 6.04 Å². The Labute approximate surface area is 138 Å². The Hall–Kier alpha value is -0.970. The van der Waals surface area contributed by atoms with E-state index in [2.05, 4.69) is 5.43 Å². The van der Waals surface area contributed by atoms with Crippen molar-refractivity contribution in [3.05, 3.63) is 63.1 Å². The summed E-state index contributed by atoms with van der Waals surface area (Å²) in [4.78, 5) is 0. The van der Waals surface area contributed by atoms with Gasteiger partial charge in [0.25, 0.3) is 0 Å². The quantitative estimate of drug-likeness (QED) is 0.614. The first-order valence-corrected chi connectivity index (χ1v) is 7.48. The summed E-state index contributed by atoms with van der Waals surface area (Å²) in [5, 5.41) is 1.77. The Morgan fingerprint density at radius 2 is 1.76 bits per heavy atom. The minimum absolute atomic E-state index is 0.274. The maximum Gasteiger partial charge on any atom is 0.121 e. The number of nitrogens with two attached hydrogens (primary N) is 1. The number of rotatable bonds is 5. The second-order valence-electron chi connectivity index (χ2n) is 4.59. The zero-order valence-corrected chi connectivity index (χ0v) is 13.6. The Morgan fingerprint density at radius 1 is 1.05 bits per heavy atom. The van der Waals surface area contributed by atoms with E-state index in [4.69, 9.17) is 45.4 Å². The fourth-order valence-electron chi connectivity index (χ4n) is 2.05. The molecule has 0 aromatic heterocycles. The lowest BCUT2D eigenvalue weighted by Gasteiger charge is -2.25. The highest BCUT2D eigenvalue weighted by Crippen LogP contribution is 2.30. The molecule has 0 saturated heterocycles. The molecule has 3 N–H and O–H groups in total. The van der Waals surface area contributed by atoms with E-state index in [1.165, 1.54) is 0 Å². The zero-order valence-electron chi connectivity index (χ0n) is 11.3. The summed E-state index contributed by atoms with van der Waals surface area (Å²) in [6.45, 7) is 1.89. The maximum atomic E-state index is 6.21. The van der Waals surface area contributed by atoms with Crippen molar-refractivity contribution < 1.29 is 4.74 Å². The van der Waals surface area contributed by atoms with Gasteiger partial charge in [-0.1, -0.05) is 40.9 Å². The lowest BCUT2D eigenvalue weighted by molar-refractivity contribution is 0.171. The Kier molecular flexibility index (Phi) is 5.73. The average Bonchev–Trinajstić information content (AvgIpc) is 2.43. The molecule has 2 rings (SSSR count). The van der Waals surface area contributed by atoms with Crippen molar-refractivity contribution >= 4 is 34.8 Å². The molecule has 2 atom stereocenters. The van der Waals surface area contributed by atoms with E-state index in [0.29, 0.717) is 20.8 Å². The van der Waals surface area contributed by atoms with E-state index in [1.54, 1.807) is 30.3 Å². The zero-order chi connectivity index (χ0) is 15.4. The van der Waals surface area contributed by atoms with E-state index in [9.17, 15) is 0 Å². The first-order valence-electron chi connectivity index (χ1n) is 6.34. The standard InChI is InChI=1S/C15H15Cl3N2O/c1-9(21-12-4-2-3-10(16)7-12)15(20-19)13-8-11(17)5-6-14(13)18/h2-9,15,20H,19H2,1H3. The van der Waals surface area contributed by atoms with E-state index < -0.39 is 0 Å². The third kappa shape index (κ3) is 4.25. The van der Waals surface area contributed by atoms with Gasteiger partial charge in [-0.25, -0.2) is 5.43 Å². The van der Waals surface area contributed by atoms with Crippen molar-refractivity contribution in [1.82, 2.24) is 5.43 Å².